The van der Waals surface area contributed by atoms with E-state index in [9.17, 15) is 4.79 Å². The maximum absolute atomic E-state index is 12.7. The van der Waals surface area contributed by atoms with E-state index in [4.69, 9.17) is 0 Å². The molecule has 0 spiro atoms. The van der Waals surface area contributed by atoms with Crippen LogP contribution in [0.3, 0.4) is 0 Å². The normalized spacial score (nSPS) is 21.2. The molecule has 0 bridgehead atoms. The fourth-order valence-corrected chi connectivity index (χ4v) is 3.51. The van der Waals surface area contributed by atoms with Gasteiger partial charge in [-0.05, 0) is 37.7 Å². The highest BCUT2D eigenvalue weighted by atomic mass is 16.2. The number of carbonyl (C=O) groups excluding carboxylic acids is 1. The highest BCUT2D eigenvalue weighted by molar-refractivity contribution is 5.82. The van der Waals surface area contributed by atoms with Crippen LogP contribution >= 0.6 is 0 Å². The Labute approximate surface area is 140 Å². The fourth-order valence-electron chi connectivity index (χ4n) is 3.51. The average Bonchev–Trinajstić information content (AvgIpc) is 3.34. The summed E-state index contributed by atoms with van der Waals surface area (Å²) in [5.41, 5.74) is 1.24. The van der Waals surface area contributed by atoms with E-state index in [-0.39, 0.29) is 11.9 Å². The first-order valence-electron chi connectivity index (χ1n) is 9.41. The van der Waals surface area contributed by atoms with Gasteiger partial charge < -0.3 is 10.6 Å². The number of hydrogen-bond acceptors (Lipinski definition) is 2. The lowest BCUT2D eigenvalue weighted by molar-refractivity contribution is -0.123. The molecule has 2 saturated carbocycles. The lowest BCUT2D eigenvalue weighted by Crippen LogP contribution is -2.50. The van der Waals surface area contributed by atoms with Crippen LogP contribution in [-0.2, 0) is 11.2 Å². The van der Waals surface area contributed by atoms with Crippen LogP contribution in [0.5, 0.6) is 0 Å². The summed E-state index contributed by atoms with van der Waals surface area (Å²) in [6, 6.07) is 11.2. The van der Waals surface area contributed by atoms with Crippen molar-refractivity contribution >= 4 is 5.91 Å². The molecule has 1 aromatic carbocycles. The van der Waals surface area contributed by atoms with Gasteiger partial charge in [0.2, 0.25) is 5.91 Å². The zero-order chi connectivity index (χ0) is 15.9. The van der Waals surface area contributed by atoms with Crippen molar-refractivity contribution in [2.45, 2.75) is 82.3 Å². The summed E-state index contributed by atoms with van der Waals surface area (Å²) in [7, 11) is 0. The van der Waals surface area contributed by atoms with E-state index in [0.29, 0.717) is 12.1 Å². The molecule has 0 aliphatic heterocycles. The largest absolute Gasteiger partial charge is 0.352 e. The van der Waals surface area contributed by atoms with Gasteiger partial charge in [0.25, 0.3) is 0 Å². The molecular weight excluding hydrogens is 284 g/mol. The number of carbonyl (C=O) groups is 1. The highest BCUT2D eigenvalue weighted by Crippen LogP contribution is 2.20. The van der Waals surface area contributed by atoms with Crippen molar-refractivity contribution in [3.63, 3.8) is 0 Å². The van der Waals surface area contributed by atoms with Crippen LogP contribution in [0.1, 0.15) is 63.4 Å². The number of rotatable bonds is 6. The van der Waals surface area contributed by atoms with Crippen LogP contribution in [0.25, 0.3) is 0 Å². The first kappa shape index (κ1) is 16.5. The van der Waals surface area contributed by atoms with E-state index < -0.39 is 0 Å². The molecule has 2 fully saturated rings. The van der Waals surface area contributed by atoms with Crippen molar-refractivity contribution in [2.75, 3.05) is 0 Å². The van der Waals surface area contributed by atoms with Gasteiger partial charge >= 0.3 is 0 Å². The molecule has 2 aliphatic rings. The van der Waals surface area contributed by atoms with E-state index in [0.717, 1.165) is 19.3 Å². The monoisotopic (exact) mass is 314 g/mol. The summed E-state index contributed by atoms with van der Waals surface area (Å²) in [6.45, 7) is 0. The van der Waals surface area contributed by atoms with Gasteiger partial charge in [-0.25, -0.2) is 0 Å². The Kier molecular flexibility index (Phi) is 6.09. The van der Waals surface area contributed by atoms with Crippen molar-refractivity contribution in [3.05, 3.63) is 35.9 Å². The summed E-state index contributed by atoms with van der Waals surface area (Å²) in [6.07, 6.45) is 12.1. The van der Waals surface area contributed by atoms with Gasteiger partial charge in [-0.2, -0.15) is 0 Å². The minimum absolute atomic E-state index is 0.0950. The molecule has 3 heteroatoms. The van der Waals surface area contributed by atoms with Crippen molar-refractivity contribution in [3.8, 4) is 0 Å². The van der Waals surface area contributed by atoms with E-state index >= 15 is 0 Å². The summed E-state index contributed by atoms with van der Waals surface area (Å²) in [5.74, 6) is 0.193. The summed E-state index contributed by atoms with van der Waals surface area (Å²) >= 11 is 0. The molecule has 1 atom stereocenters. The zero-order valence-corrected chi connectivity index (χ0v) is 14.1. The Morgan fingerprint density at radius 3 is 2.22 bits per heavy atom. The predicted molar refractivity (Wildman–Crippen MR) is 94.3 cm³/mol. The van der Waals surface area contributed by atoms with Crippen LogP contribution in [-0.4, -0.2) is 24.0 Å². The average molecular weight is 314 g/mol. The Morgan fingerprint density at radius 1 is 0.913 bits per heavy atom. The van der Waals surface area contributed by atoms with Gasteiger partial charge in [-0.1, -0.05) is 62.4 Å². The maximum Gasteiger partial charge on any atom is 0.237 e. The van der Waals surface area contributed by atoms with Gasteiger partial charge in [0, 0.05) is 12.1 Å². The Bertz CT molecular complexity index is 476. The molecular formula is C20H30N2O. The molecule has 1 amide bonds. The second kappa shape index (κ2) is 8.49. The molecule has 3 nitrogen and oxygen atoms in total. The minimum atomic E-state index is -0.0950. The predicted octanol–water partition coefficient (Wildman–Crippen LogP) is 3.58. The molecule has 0 unspecified atom stereocenters. The molecule has 3 rings (SSSR count). The molecule has 0 aromatic heterocycles. The zero-order valence-electron chi connectivity index (χ0n) is 14.1. The molecule has 23 heavy (non-hydrogen) atoms. The van der Waals surface area contributed by atoms with Crippen LogP contribution in [0.15, 0.2) is 30.3 Å². The van der Waals surface area contributed by atoms with Crippen molar-refractivity contribution in [1.82, 2.24) is 10.6 Å². The Hall–Kier alpha value is -1.35. The van der Waals surface area contributed by atoms with E-state index in [1.165, 1.54) is 50.5 Å². The third kappa shape index (κ3) is 5.65. The van der Waals surface area contributed by atoms with Crippen LogP contribution < -0.4 is 10.6 Å². The van der Waals surface area contributed by atoms with Gasteiger partial charge in [-0.3, -0.25) is 4.79 Å². The highest BCUT2D eigenvalue weighted by Gasteiger charge is 2.28. The van der Waals surface area contributed by atoms with Gasteiger partial charge in [0.05, 0.1) is 6.04 Å². The summed E-state index contributed by atoms with van der Waals surface area (Å²) < 4.78 is 0. The van der Waals surface area contributed by atoms with E-state index in [1.54, 1.807) is 0 Å². The van der Waals surface area contributed by atoms with Crippen molar-refractivity contribution in [2.24, 2.45) is 0 Å². The SMILES string of the molecule is O=C(NC1CC1)[C@H](Cc1ccccc1)NC1CCCCCCC1. The fraction of sp³-hybridized carbons (Fsp3) is 0.650. The molecule has 2 N–H and O–H groups in total. The van der Waals surface area contributed by atoms with Gasteiger partial charge in [0.15, 0.2) is 0 Å². The smallest absolute Gasteiger partial charge is 0.237 e. The van der Waals surface area contributed by atoms with Gasteiger partial charge in [-0.15, -0.1) is 0 Å². The molecule has 0 radical (unpaired) electrons. The molecule has 1 aromatic rings. The Balaban J connectivity index is 1.61. The third-order valence-electron chi connectivity index (χ3n) is 5.06. The number of nitrogens with one attached hydrogen (secondary N) is 2. The topological polar surface area (TPSA) is 41.1 Å². The first-order valence-corrected chi connectivity index (χ1v) is 9.41. The van der Waals surface area contributed by atoms with Crippen molar-refractivity contribution in [1.29, 1.82) is 0 Å². The van der Waals surface area contributed by atoms with Gasteiger partial charge in [0.1, 0.15) is 0 Å². The molecule has 126 valence electrons. The standard InChI is InChI=1S/C20H30N2O/c23-20(22-18-13-14-18)19(15-16-9-5-4-6-10-16)21-17-11-7-2-1-3-8-12-17/h4-6,9-10,17-19,21H,1-3,7-8,11-15H2,(H,22,23)/t19-/m0/s1. The lowest BCUT2D eigenvalue weighted by atomic mass is 9.95. The third-order valence-corrected chi connectivity index (χ3v) is 5.06. The molecule has 0 saturated heterocycles. The second-order valence-corrected chi connectivity index (χ2v) is 7.23. The summed E-state index contributed by atoms with van der Waals surface area (Å²) in [4.78, 5) is 12.7. The van der Waals surface area contributed by atoms with Crippen LogP contribution in [0.2, 0.25) is 0 Å². The maximum atomic E-state index is 12.7. The summed E-state index contributed by atoms with van der Waals surface area (Å²) in [5, 5.41) is 6.88. The van der Waals surface area contributed by atoms with Crippen LogP contribution in [0, 0.1) is 0 Å². The minimum Gasteiger partial charge on any atom is -0.352 e. The van der Waals surface area contributed by atoms with E-state index in [2.05, 4.69) is 34.9 Å². The first-order chi connectivity index (χ1) is 11.3. The van der Waals surface area contributed by atoms with E-state index in [1.807, 2.05) is 6.07 Å². The van der Waals surface area contributed by atoms with Crippen molar-refractivity contribution < 1.29 is 4.79 Å². The Morgan fingerprint density at radius 2 is 1.57 bits per heavy atom. The number of amides is 1. The molecule has 0 heterocycles. The quantitative estimate of drug-likeness (QED) is 0.842. The molecule has 2 aliphatic carbocycles. The lowest BCUT2D eigenvalue weighted by Gasteiger charge is -2.27. The number of benzene rings is 1. The van der Waals surface area contributed by atoms with Crippen LogP contribution in [0.4, 0.5) is 0 Å². The number of hydrogen-bond donors (Lipinski definition) is 2. The second-order valence-electron chi connectivity index (χ2n) is 7.23.